The monoisotopic (exact) mass is 253 g/mol. The fourth-order valence-electron chi connectivity index (χ4n) is 2.60. The summed E-state index contributed by atoms with van der Waals surface area (Å²) in [7, 11) is 0. The minimum absolute atomic E-state index is 0.240. The van der Waals surface area contributed by atoms with Crippen molar-refractivity contribution in [2.75, 3.05) is 19.7 Å². The zero-order chi connectivity index (χ0) is 12.1. The smallest absolute Gasteiger partial charge is 0.0449 e. The van der Waals surface area contributed by atoms with Crippen LogP contribution in [-0.2, 0) is 0 Å². The minimum atomic E-state index is 0.240. The maximum absolute atomic E-state index is 9.23. The molecule has 1 aromatic carbocycles. The Morgan fingerprint density at radius 2 is 1.76 bits per heavy atom. The Balaban J connectivity index is 2.12. The van der Waals surface area contributed by atoms with Crippen molar-refractivity contribution in [3.05, 3.63) is 34.9 Å². The van der Waals surface area contributed by atoms with Crippen LogP contribution in [0.25, 0.3) is 0 Å². The van der Waals surface area contributed by atoms with Gasteiger partial charge in [0.1, 0.15) is 0 Å². The van der Waals surface area contributed by atoms with Crippen molar-refractivity contribution in [1.82, 2.24) is 4.90 Å². The Kier molecular flexibility index (Phi) is 4.84. The number of aliphatic hydroxyl groups excluding tert-OH is 1. The van der Waals surface area contributed by atoms with E-state index < -0.39 is 0 Å². The van der Waals surface area contributed by atoms with Crippen LogP contribution in [0.2, 0.25) is 5.02 Å². The lowest BCUT2D eigenvalue weighted by molar-refractivity contribution is 0.133. The largest absolute Gasteiger partial charge is 0.396 e. The summed E-state index contributed by atoms with van der Waals surface area (Å²) in [5.41, 5.74) is 1.27. The lowest BCUT2D eigenvalue weighted by atomic mass is 9.99. The van der Waals surface area contributed by atoms with Crippen LogP contribution in [0.4, 0.5) is 0 Å². The number of benzene rings is 1. The van der Waals surface area contributed by atoms with Gasteiger partial charge in [-0.1, -0.05) is 30.2 Å². The zero-order valence-electron chi connectivity index (χ0n) is 10.1. The average molecular weight is 254 g/mol. The molecule has 94 valence electrons. The second kappa shape index (κ2) is 6.39. The van der Waals surface area contributed by atoms with Crippen LogP contribution in [0.3, 0.4) is 0 Å². The highest BCUT2D eigenvalue weighted by molar-refractivity contribution is 6.30. The predicted molar refractivity (Wildman–Crippen MR) is 71.3 cm³/mol. The first-order valence-electron chi connectivity index (χ1n) is 6.41. The van der Waals surface area contributed by atoms with Crippen LogP contribution >= 0.6 is 11.6 Å². The third-order valence-corrected chi connectivity index (χ3v) is 3.74. The zero-order valence-corrected chi connectivity index (χ0v) is 10.9. The Bertz CT molecular complexity index is 333. The van der Waals surface area contributed by atoms with E-state index in [2.05, 4.69) is 17.0 Å². The van der Waals surface area contributed by atoms with Crippen molar-refractivity contribution in [1.29, 1.82) is 0 Å². The van der Waals surface area contributed by atoms with Crippen molar-refractivity contribution in [3.8, 4) is 0 Å². The number of nitrogens with zero attached hydrogens (tertiary/aromatic N) is 1. The van der Waals surface area contributed by atoms with Gasteiger partial charge >= 0.3 is 0 Å². The highest BCUT2D eigenvalue weighted by Crippen LogP contribution is 2.28. The molecule has 0 unspecified atom stereocenters. The van der Waals surface area contributed by atoms with Gasteiger partial charge in [0.05, 0.1) is 0 Å². The number of hydrogen-bond donors (Lipinski definition) is 1. The predicted octanol–water partition coefficient (Wildman–Crippen LogP) is 3.25. The summed E-state index contributed by atoms with van der Waals surface area (Å²) in [6, 6.07) is 8.38. The molecule has 17 heavy (non-hydrogen) atoms. The molecule has 1 atom stereocenters. The maximum Gasteiger partial charge on any atom is 0.0449 e. The van der Waals surface area contributed by atoms with Crippen LogP contribution in [0.5, 0.6) is 0 Å². The molecule has 1 aliphatic rings. The molecule has 0 aromatic heterocycles. The molecule has 3 heteroatoms. The van der Waals surface area contributed by atoms with Crippen LogP contribution in [0.1, 0.15) is 37.3 Å². The molecule has 0 amide bonds. The van der Waals surface area contributed by atoms with Gasteiger partial charge in [0.2, 0.25) is 0 Å². The summed E-state index contributed by atoms with van der Waals surface area (Å²) in [6.07, 6.45) is 4.69. The molecule has 2 rings (SSSR count). The molecule has 0 saturated carbocycles. The summed E-state index contributed by atoms with van der Waals surface area (Å²) >= 11 is 5.92. The molecule has 0 bridgehead atoms. The fourth-order valence-corrected chi connectivity index (χ4v) is 2.72. The molecule has 2 nitrogen and oxygen atoms in total. The van der Waals surface area contributed by atoms with Crippen molar-refractivity contribution in [2.24, 2.45) is 0 Å². The third kappa shape index (κ3) is 3.44. The Labute approximate surface area is 108 Å². The molecule has 1 heterocycles. The lowest BCUT2D eigenvalue weighted by Gasteiger charge is -2.34. The quantitative estimate of drug-likeness (QED) is 0.891. The Morgan fingerprint density at radius 1 is 1.12 bits per heavy atom. The number of halogens is 1. The first-order chi connectivity index (χ1) is 8.31. The van der Waals surface area contributed by atoms with Gasteiger partial charge in [-0.25, -0.2) is 0 Å². The summed E-state index contributed by atoms with van der Waals surface area (Å²) in [6.45, 7) is 2.53. The third-order valence-electron chi connectivity index (χ3n) is 3.49. The van der Waals surface area contributed by atoms with Crippen molar-refractivity contribution in [3.63, 3.8) is 0 Å². The van der Waals surface area contributed by atoms with Gasteiger partial charge in [-0.15, -0.1) is 0 Å². The van der Waals surface area contributed by atoms with Gasteiger partial charge in [-0.05, 0) is 50.0 Å². The van der Waals surface area contributed by atoms with E-state index in [1.807, 2.05) is 12.1 Å². The Hall–Kier alpha value is -0.570. The highest BCUT2D eigenvalue weighted by Gasteiger charge is 2.21. The van der Waals surface area contributed by atoms with Gasteiger partial charge in [0.25, 0.3) is 0 Å². The van der Waals surface area contributed by atoms with E-state index in [1.165, 1.54) is 24.8 Å². The van der Waals surface area contributed by atoms with Crippen molar-refractivity contribution in [2.45, 2.75) is 31.7 Å². The van der Waals surface area contributed by atoms with Crippen molar-refractivity contribution >= 4 is 11.6 Å². The van der Waals surface area contributed by atoms with E-state index in [0.717, 1.165) is 24.5 Å². The highest BCUT2D eigenvalue weighted by atomic mass is 35.5. The fraction of sp³-hybridized carbons (Fsp3) is 0.571. The molecule has 1 N–H and O–H groups in total. The van der Waals surface area contributed by atoms with Gasteiger partial charge < -0.3 is 5.11 Å². The number of piperidine rings is 1. The standard InChI is InChI=1S/C14H20ClNO/c15-13-6-4-12(5-7-13)14(8-11-17)16-9-2-1-3-10-16/h4-7,14,17H,1-3,8-11H2/t14-/m1/s1. The van der Waals surface area contributed by atoms with Crippen molar-refractivity contribution < 1.29 is 5.11 Å². The normalized spacial score (nSPS) is 19.2. The van der Waals surface area contributed by atoms with Crippen LogP contribution < -0.4 is 0 Å². The second-order valence-corrected chi connectivity index (χ2v) is 5.11. The molecule has 0 spiro atoms. The molecule has 0 radical (unpaired) electrons. The van der Waals surface area contributed by atoms with Gasteiger partial charge in [0.15, 0.2) is 0 Å². The molecule has 1 aliphatic heterocycles. The number of aliphatic hydroxyl groups is 1. The molecule has 1 saturated heterocycles. The van der Waals surface area contributed by atoms with Gasteiger partial charge in [0, 0.05) is 17.7 Å². The van der Waals surface area contributed by atoms with E-state index in [4.69, 9.17) is 11.6 Å². The molecule has 1 aromatic rings. The molecular formula is C14H20ClNO. The molecule has 1 fully saturated rings. The van der Waals surface area contributed by atoms with Crippen LogP contribution in [-0.4, -0.2) is 29.7 Å². The SMILES string of the molecule is OCC[C@H](c1ccc(Cl)cc1)N1CCCCC1. The van der Waals surface area contributed by atoms with E-state index in [9.17, 15) is 5.11 Å². The minimum Gasteiger partial charge on any atom is -0.396 e. The van der Waals surface area contributed by atoms with Gasteiger partial charge in [-0.3, -0.25) is 4.90 Å². The summed E-state index contributed by atoms with van der Waals surface area (Å²) in [5, 5.41) is 10.0. The molecule has 0 aliphatic carbocycles. The molecular weight excluding hydrogens is 234 g/mol. The average Bonchev–Trinajstić information content (AvgIpc) is 2.38. The van der Waals surface area contributed by atoms with E-state index >= 15 is 0 Å². The first kappa shape index (κ1) is 12.9. The topological polar surface area (TPSA) is 23.5 Å². The summed E-state index contributed by atoms with van der Waals surface area (Å²) < 4.78 is 0. The second-order valence-electron chi connectivity index (χ2n) is 4.68. The first-order valence-corrected chi connectivity index (χ1v) is 6.79. The number of likely N-dealkylation sites (tertiary alicyclic amines) is 1. The maximum atomic E-state index is 9.23. The van der Waals surface area contributed by atoms with E-state index in [-0.39, 0.29) is 6.61 Å². The Morgan fingerprint density at radius 3 is 2.35 bits per heavy atom. The van der Waals surface area contributed by atoms with E-state index in [1.54, 1.807) is 0 Å². The van der Waals surface area contributed by atoms with Crippen LogP contribution in [0, 0.1) is 0 Å². The lowest BCUT2D eigenvalue weighted by Crippen LogP contribution is -2.34. The number of rotatable bonds is 4. The summed E-state index contributed by atoms with van der Waals surface area (Å²) in [4.78, 5) is 2.49. The van der Waals surface area contributed by atoms with E-state index in [0.29, 0.717) is 6.04 Å². The van der Waals surface area contributed by atoms with Gasteiger partial charge in [-0.2, -0.15) is 0 Å². The summed E-state index contributed by atoms with van der Waals surface area (Å²) in [5.74, 6) is 0. The number of hydrogen-bond acceptors (Lipinski definition) is 2. The van der Waals surface area contributed by atoms with Crippen LogP contribution in [0.15, 0.2) is 24.3 Å².